The van der Waals surface area contributed by atoms with Crippen LogP contribution in [-0.2, 0) is 9.53 Å². The Balaban J connectivity index is 4.39. The highest BCUT2D eigenvalue weighted by molar-refractivity contribution is 5.71. The van der Waals surface area contributed by atoms with Crippen LogP contribution >= 0.6 is 0 Å². The molecule has 0 saturated heterocycles. The van der Waals surface area contributed by atoms with Crippen LogP contribution in [0.1, 0.15) is 40.5 Å². The lowest BCUT2D eigenvalue weighted by atomic mass is 9.94. The van der Waals surface area contributed by atoms with Gasteiger partial charge in [-0.2, -0.15) is 0 Å². The SMILES string of the molecule is CCC(N)(CC(=O)OC(C)(C)C)C(F)F. The van der Waals surface area contributed by atoms with Crippen LogP contribution in [0.3, 0.4) is 0 Å². The molecule has 0 saturated carbocycles. The molecule has 1 unspecified atom stereocenters. The van der Waals surface area contributed by atoms with Crippen molar-refractivity contribution >= 4 is 5.97 Å². The number of ether oxygens (including phenoxy) is 1. The molecule has 0 aromatic rings. The maximum absolute atomic E-state index is 12.5. The van der Waals surface area contributed by atoms with Gasteiger partial charge in [0.25, 0.3) is 6.43 Å². The van der Waals surface area contributed by atoms with Crippen molar-refractivity contribution < 1.29 is 18.3 Å². The van der Waals surface area contributed by atoms with Gasteiger partial charge in [0.2, 0.25) is 0 Å². The maximum atomic E-state index is 12.5. The second-order valence-electron chi connectivity index (χ2n) is 4.65. The Kier molecular flexibility index (Phi) is 4.65. The molecule has 0 aliphatic heterocycles. The molecule has 15 heavy (non-hydrogen) atoms. The van der Waals surface area contributed by atoms with E-state index in [4.69, 9.17) is 10.5 Å². The Hall–Kier alpha value is -0.710. The van der Waals surface area contributed by atoms with Crippen LogP contribution in [0.5, 0.6) is 0 Å². The highest BCUT2D eigenvalue weighted by Crippen LogP contribution is 2.22. The summed E-state index contributed by atoms with van der Waals surface area (Å²) in [7, 11) is 0. The molecule has 0 aliphatic rings. The molecule has 1 atom stereocenters. The second-order valence-corrected chi connectivity index (χ2v) is 4.65. The Morgan fingerprint density at radius 3 is 2.13 bits per heavy atom. The number of carbonyl (C=O) groups is 1. The first kappa shape index (κ1) is 14.3. The minimum atomic E-state index is -2.73. The number of nitrogens with two attached hydrogens (primary N) is 1. The molecule has 3 nitrogen and oxygen atoms in total. The topological polar surface area (TPSA) is 52.3 Å². The van der Waals surface area contributed by atoms with E-state index in [1.54, 1.807) is 20.8 Å². The van der Waals surface area contributed by atoms with Crippen molar-refractivity contribution in [2.75, 3.05) is 0 Å². The van der Waals surface area contributed by atoms with Gasteiger partial charge in [-0.3, -0.25) is 4.79 Å². The van der Waals surface area contributed by atoms with E-state index in [2.05, 4.69) is 0 Å². The lowest BCUT2D eigenvalue weighted by Crippen LogP contribution is -2.49. The number of esters is 1. The molecule has 0 amide bonds. The summed E-state index contributed by atoms with van der Waals surface area (Å²) < 4.78 is 30.0. The van der Waals surface area contributed by atoms with Gasteiger partial charge in [0.15, 0.2) is 0 Å². The zero-order chi connectivity index (χ0) is 12.3. The van der Waals surface area contributed by atoms with Crippen molar-refractivity contribution in [3.63, 3.8) is 0 Å². The molecule has 90 valence electrons. The monoisotopic (exact) mass is 223 g/mol. The number of hydrogen-bond donors (Lipinski definition) is 1. The molecule has 5 heteroatoms. The minimum Gasteiger partial charge on any atom is -0.460 e. The average molecular weight is 223 g/mol. The fourth-order valence-electron chi connectivity index (χ4n) is 1.00. The van der Waals surface area contributed by atoms with E-state index >= 15 is 0 Å². The second kappa shape index (κ2) is 4.88. The van der Waals surface area contributed by atoms with Crippen molar-refractivity contribution in [2.45, 2.75) is 58.1 Å². The number of halogens is 2. The fraction of sp³-hybridized carbons (Fsp3) is 0.900. The van der Waals surface area contributed by atoms with Crippen LogP contribution in [0.2, 0.25) is 0 Å². The summed E-state index contributed by atoms with van der Waals surface area (Å²) in [6.45, 7) is 6.56. The minimum absolute atomic E-state index is 0.0317. The molecule has 0 rings (SSSR count). The lowest BCUT2D eigenvalue weighted by molar-refractivity contribution is -0.158. The lowest BCUT2D eigenvalue weighted by Gasteiger charge is -2.28. The highest BCUT2D eigenvalue weighted by Gasteiger charge is 2.37. The Bertz CT molecular complexity index is 226. The number of rotatable bonds is 4. The van der Waals surface area contributed by atoms with Gasteiger partial charge in [0.1, 0.15) is 5.60 Å². The van der Waals surface area contributed by atoms with Gasteiger partial charge in [-0.1, -0.05) is 6.92 Å². The van der Waals surface area contributed by atoms with E-state index in [0.29, 0.717) is 0 Å². The van der Waals surface area contributed by atoms with Gasteiger partial charge in [-0.25, -0.2) is 8.78 Å². The largest absolute Gasteiger partial charge is 0.460 e. The summed E-state index contributed by atoms with van der Waals surface area (Å²) in [6.07, 6.45) is -3.16. The zero-order valence-electron chi connectivity index (χ0n) is 9.64. The van der Waals surface area contributed by atoms with Crippen LogP contribution in [-0.4, -0.2) is 23.5 Å². The third kappa shape index (κ3) is 5.06. The van der Waals surface area contributed by atoms with Crippen LogP contribution < -0.4 is 5.73 Å². The molecule has 0 aliphatic carbocycles. The summed E-state index contributed by atoms with van der Waals surface area (Å²) in [5.41, 5.74) is 2.96. The highest BCUT2D eigenvalue weighted by atomic mass is 19.3. The normalized spacial score (nSPS) is 16.3. The summed E-state index contributed by atoms with van der Waals surface area (Å²) in [5.74, 6) is -0.688. The first-order chi connectivity index (χ1) is 6.60. The number of carbonyl (C=O) groups excluding carboxylic acids is 1. The first-order valence-electron chi connectivity index (χ1n) is 4.89. The quantitative estimate of drug-likeness (QED) is 0.742. The van der Waals surface area contributed by atoms with Crippen molar-refractivity contribution in [1.82, 2.24) is 0 Å². The molecule has 0 fully saturated rings. The van der Waals surface area contributed by atoms with Gasteiger partial charge in [-0.15, -0.1) is 0 Å². The molecule has 0 bridgehead atoms. The molecule has 0 aromatic heterocycles. The van der Waals surface area contributed by atoms with E-state index in [1.807, 2.05) is 0 Å². The van der Waals surface area contributed by atoms with E-state index in [1.165, 1.54) is 6.92 Å². The Morgan fingerprint density at radius 1 is 1.40 bits per heavy atom. The Morgan fingerprint density at radius 2 is 1.87 bits per heavy atom. The molecule has 0 spiro atoms. The van der Waals surface area contributed by atoms with Crippen molar-refractivity contribution in [3.8, 4) is 0 Å². The van der Waals surface area contributed by atoms with Gasteiger partial charge in [0.05, 0.1) is 12.0 Å². The molecule has 0 aromatic carbocycles. The number of hydrogen-bond acceptors (Lipinski definition) is 3. The van der Waals surface area contributed by atoms with Crippen LogP contribution in [0, 0.1) is 0 Å². The summed E-state index contributed by atoms with van der Waals surface area (Å²) in [6, 6.07) is 0. The maximum Gasteiger partial charge on any atom is 0.308 e. The number of alkyl halides is 2. The van der Waals surface area contributed by atoms with Gasteiger partial charge in [-0.05, 0) is 27.2 Å². The molecule has 0 radical (unpaired) electrons. The average Bonchev–Trinajstić information content (AvgIpc) is 1.99. The van der Waals surface area contributed by atoms with Gasteiger partial charge < -0.3 is 10.5 Å². The smallest absolute Gasteiger partial charge is 0.308 e. The van der Waals surface area contributed by atoms with Crippen LogP contribution in [0.25, 0.3) is 0 Å². The first-order valence-corrected chi connectivity index (χ1v) is 4.89. The van der Waals surface area contributed by atoms with Gasteiger partial charge >= 0.3 is 5.97 Å². The van der Waals surface area contributed by atoms with E-state index < -0.39 is 30.0 Å². The standard InChI is InChI=1S/C10H19F2NO2/c1-5-10(13,8(11)12)6-7(14)15-9(2,3)4/h8H,5-6,13H2,1-4H3. The zero-order valence-corrected chi connectivity index (χ0v) is 9.64. The molecular weight excluding hydrogens is 204 g/mol. The fourth-order valence-corrected chi connectivity index (χ4v) is 1.00. The third-order valence-corrected chi connectivity index (χ3v) is 1.99. The van der Waals surface area contributed by atoms with Crippen molar-refractivity contribution in [1.29, 1.82) is 0 Å². The van der Waals surface area contributed by atoms with Crippen molar-refractivity contribution in [3.05, 3.63) is 0 Å². The summed E-state index contributed by atoms with van der Waals surface area (Å²) >= 11 is 0. The predicted octanol–water partition coefficient (Wildman–Crippen LogP) is 2.09. The van der Waals surface area contributed by atoms with Crippen LogP contribution in [0.15, 0.2) is 0 Å². The Labute approximate surface area is 89.0 Å². The summed E-state index contributed by atoms with van der Waals surface area (Å²) in [4.78, 5) is 11.3. The van der Waals surface area contributed by atoms with E-state index in [-0.39, 0.29) is 6.42 Å². The van der Waals surface area contributed by atoms with E-state index in [9.17, 15) is 13.6 Å². The molecule has 2 N–H and O–H groups in total. The van der Waals surface area contributed by atoms with E-state index in [0.717, 1.165) is 0 Å². The predicted molar refractivity (Wildman–Crippen MR) is 53.7 cm³/mol. The van der Waals surface area contributed by atoms with Crippen LogP contribution in [0.4, 0.5) is 8.78 Å². The van der Waals surface area contributed by atoms with Crippen molar-refractivity contribution in [2.24, 2.45) is 5.73 Å². The molecule has 0 heterocycles. The summed E-state index contributed by atoms with van der Waals surface area (Å²) in [5, 5.41) is 0. The molecular formula is C10H19F2NO2. The van der Waals surface area contributed by atoms with Gasteiger partial charge in [0, 0.05) is 0 Å². The third-order valence-electron chi connectivity index (χ3n) is 1.99.